The lowest BCUT2D eigenvalue weighted by molar-refractivity contribution is -0.385. The fraction of sp³-hybridized carbons (Fsp3) is 0.200. The van der Waals surface area contributed by atoms with Gasteiger partial charge in [0, 0.05) is 34.4 Å². The molecular formula is C25H21NO7. The van der Waals surface area contributed by atoms with Crippen LogP contribution in [0.2, 0.25) is 0 Å². The first-order chi connectivity index (χ1) is 15.8. The largest absolute Gasteiger partial charge is 0.467 e. The molecule has 8 heteroatoms. The minimum Gasteiger partial charge on any atom is -0.467 e. The summed E-state index contributed by atoms with van der Waals surface area (Å²) >= 11 is 0. The van der Waals surface area contributed by atoms with Crippen molar-refractivity contribution < 1.29 is 28.7 Å². The molecule has 0 aromatic heterocycles. The molecule has 1 aliphatic heterocycles. The van der Waals surface area contributed by atoms with Crippen molar-refractivity contribution in [3.05, 3.63) is 104 Å². The molecule has 8 nitrogen and oxygen atoms in total. The minimum absolute atomic E-state index is 0.00106. The van der Waals surface area contributed by atoms with Crippen molar-refractivity contribution in [3.8, 4) is 5.75 Å². The Bertz CT molecular complexity index is 1270. The van der Waals surface area contributed by atoms with Crippen molar-refractivity contribution >= 4 is 17.4 Å². The van der Waals surface area contributed by atoms with Crippen LogP contribution in [0.5, 0.6) is 5.75 Å². The number of hydrogen-bond acceptors (Lipinski definition) is 7. The summed E-state index contributed by atoms with van der Waals surface area (Å²) < 4.78 is 16.1. The summed E-state index contributed by atoms with van der Waals surface area (Å²) in [5.74, 6) is -0.590. The zero-order valence-electron chi connectivity index (χ0n) is 18.1. The molecule has 0 saturated carbocycles. The number of carbonyl (C=O) groups is 2. The summed E-state index contributed by atoms with van der Waals surface area (Å²) in [4.78, 5) is 36.9. The number of esters is 1. The van der Waals surface area contributed by atoms with Crippen molar-refractivity contribution in [2.24, 2.45) is 0 Å². The Kier molecular flexibility index (Phi) is 6.19. The van der Waals surface area contributed by atoms with E-state index in [2.05, 4.69) is 0 Å². The van der Waals surface area contributed by atoms with Crippen molar-refractivity contribution in [2.75, 3.05) is 6.79 Å². The molecule has 0 radical (unpaired) electrons. The summed E-state index contributed by atoms with van der Waals surface area (Å²) in [5, 5.41) is 11.3. The number of nitrogens with zero attached hydrogens (tertiary/aromatic N) is 1. The normalized spacial score (nSPS) is 12.4. The van der Waals surface area contributed by atoms with E-state index in [0.29, 0.717) is 22.4 Å². The Hall–Kier alpha value is -4.04. The van der Waals surface area contributed by atoms with E-state index in [9.17, 15) is 19.7 Å². The number of non-ortho nitro benzene ring substituents is 1. The monoisotopic (exact) mass is 447 g/mol. The van der Waals surface area contributed by atoms with Gasteiger partial charge in [-0.25, -0.2) is 4.79 Å². The summed E-state index contributed by atoms with van der Waals surface area (Å²) in [6.07, 6.45) is 0. The van der Waals surface area contributed by atoms with Gasteiger partial charge in [-0.2, -0.15) is 0 Å². The first-order valence-corrected chi connectivity index (χ1v) is 10.2. The number of carbonyl (C=O) groups excluding carboxylic acids is 2. The number of benzene rings is 3. The summed E-state index contributed by atoms with van der Waals surface area (Å²) in [6, 6.07) is 14.7. The number of fused-ring (bicyclic) bond motifs is 1. The molecule has 0 unspecified atom stereocenters. The standard InChI is InChI=1S/C25H21NO7/c1-15-7-8-16(2)22(9-15)23(27)20-5-3-4-6-21(20)25(28)32-13-18-11-19(26(29)30)10-17-12-31-14-33-24(17)18/h3-11H,12-14H2,1-2H3. The second-order valence-corrected chi connectivity index (χ2v) is 7.73. The number of ketones is 1. The van der Waals surface area contributed by atoms with Gasteiger partial charge in [-0.15, -0.1) is 0 Å². The lowest BCUT2D eigenvalue weighted by Crippen LogP contribution is -2.16. The van der Waals surface area contributed by atoms with E-state index in [0.717, 1.165) is 11.1 Å². The quantitative estimate of drug-likeness (QED) is 0.234. The van der Waals surface area contributed by atoms with Crippen LogP contribution < -0.4 is 4.74 Å². The number of rotatable bonds is 6. The Morgan fingerprint density at radius 3 is 2.55 bits per heavy atom. The zero-order chi connectivity index (χ0) is 23.5. The first kappa shape index (κ1) is 22.2. The van der Waals surface area contributed by atoms with Crippen LogP contribution in [0.25, 0.3) is 0 Å². The van der Waals surface area contributed by atoms with Crippen LogP contribution in [-0.2, 0) is 22.7 Å². The predicted molar refractivity (Wildman–Crippen MR) is 118 cm³/mol. The molecule has 0 saturated heterocycles. The number of hydrogen-bond donors (Lipinski definition) is 0. The van der Waals surface area contributed by atoms with E-state index >= 15 is 0 Å². The second-order valence-electron chi connectivity index (χ2n) is 7.73. The average Bonchev–Trinajstić information content (AvgIpc) is 2.83. The maximum Gasteiger partial charge on any atom is 0.339 e. The number of nitro benzene ring substituents is 1. The van der Waals surface area contributed by atoms with E-state index in [1.165, 1.54) is 18.2 Å². The van der Waals surface area contributed by atoms with Gasteiger partial charge in [-0.1, -0.05) is 35.9 Å². The minimum atomic E-state index is -0.712. The molecule has 0 atom stereocenters. The highest BCUT2D eigenvalue weighted by atomic mass is 16.7. The Morgan fingerprint density at radius 1 is 1.03 bits per heavy atom. The number of aryl methyl sites for hydroxylation is 2. The molecule has 33 heavy (non-hydrogen) atoms. The number of nitro groups is 1. The van der Waals surface area contributed by atoms with Gasteiger partial charge in [-0.05, 0) is 31.5 Å². The highest BCUT2D eigenvalue weighted by Crippen LogP contribution is 2.33. The van der Waals surface area contributed by atoms with Crippen molar-refractivity contribution in [1.29, 1.82) is 0 Å². The fourth-order valence-electron chi connectivity index (χ4n) is 3.70. The molecule has 1 aliphatic rings. The van der Waals surface area contributed by atoms with Crippen LogP contribution in [-0.4, -0.2) is 23.5 Å². The third kappa shape index (κ3) is 4.61. The van der Waals surface area contributed by atoms with Crippen molar-refractivity contribution in [3.63, 3.8) is 0 Å². The van der Waals surface area contributed by atoms with Gasteiger partial charge in [0.2, 0.25) is 0 Å². The van der Waals surface area contributed by atoms with E-state index in [1.54, 1.807) is 24.3 Å². The fourth-order valence-corrected chi connectivity index (χ4v) is 3.70. The van der Waals surface area contributed by atoms with Gasteiger partial charge in [0.05, 0.1) is 17.1 Å². The maximum atomic E-state index is 13.2. The van der Waals surface area contributed by atoms with Gasteiger partial charge < -0.3 is 14.2 Å². The predicted octanol–water partition coefficient (Wildman–Crippen LogP) is 4.67. The van der Waals surface area contributed by atoms with Crippen molar-refractivity contribution in [1.82, 2.24) is 0 Å². The molecule has 3 aromatic carbocycles. The van der Waals surface area contributed by atoms with E-state index < -0.39 is 10.9 Å². The van der Waals surface area contributed by atoms with Crippen LogP contribution in [0.1, 0.15) is 48.5 Å². The topological polar surface area (TPSA) is 105 Å². The molecular weight excluding hydrogens is 426 g/mol. The lowest BCUT2D eigenvalue weighted by atomic mass is 9.94. The van der Waals surface area contributed by atoms with E-state index in [4.69, 9.17) is 14.2 Å². The molecule has 4 rings (SSSR count). The van der Waals surface area contributed by atoms with Gasteiger partial charge in [0.25, 0.3) is 5.69 Å². The molecule has 1 heterocycles. The second kappa shape index (κ2) is 9.22. The Balaban J connectivity index is 1.61. The molecule has 0 fully saturated rings. The molecule has 0 amide bonds. The van der Waals surface area contributed by atoms with Crippen LogP contribution in [0.3, 0.4) is 0 Å². The van der Waals surface area contributed by atoms with Gasteiger partial charge in [-0.3, -0.25) is 14.9 Å². The first-order valence-electron chi connectivity index (χ1n) is 10.2. The van der Waals surface area contributed by atoms with Crippen LogP contribution in [0.15, 0.2) is 54.6 Å². The van der Waals surface area contributed by atoms with Crippen LogP contribution in [0.4, 0.5) is 5.69 Å². The SMILES string of the molecule is Cc1ccc(C)c(C(=O)c2ccccc2C(=O)OCc2cc([N+](=O)[O-])cc3c2OCOC3)c1. The van der Waals surface area contributed by atoms with Gasteiger partial charge >= 0.3 is 5.97 Å². The van der Waals surface area contributed by atoms with E-state index in [1.807, 2.05) is 26.0 Å². The molecule has 3 aromatic rings. The highest BCUT2D eigenvalue weighted by Gasteiger charge is 2.24. The third-order valence-corrected chi connectivity index (χ3v) is 5.37. The van der Waals surface area contributed by atoms with Crippen molar-refractivity contribution in [2.45, 2.75) is 27.1 Å². The number of ether oxygens (including phenoxy) is 3. The molecule has 0 bridgehead atoms. The summed E-state index contributed by atoms with van der Waals surface area (Å²) in [5.41, 5.74) is 3.30. The van der Waals surface area contributed by atoms with Crippen LogP contribution >= 0.6 is 0 Å². The lowest BCUT2D eigenvalue weighted by Gasteiger charge is -2.20. The smallest absolute Gasteiger partial charge is 0.339 e. The third-order valence-electron chi connectivity index (χ3n) is 5.37. The summed E-state index contributed by atoms with van der Waals surface area (Å²) in [6.45, 7) is 3.63. The molecule has 0 aliphatic carbocycles. The zero-order valence-corrected chi connectivity index (χ0v) is 18.1. The summed E-state index contributed by atoms with van der Waals surface area (Å²) in [7, 11) is 0. The Morgan fingerprint density at radius 2 is 1.79 bits per heavy atom. The maximum absolute atomic E-state index is 13.2. The van der Waals surface area contributed by atoms with Crippen LogP contribution in [0, 0.1) is 24.0 Å². The Labute approximate surface area is 189 Å². The van der Waals surface area contributed by atoms with Gasteiger partial charge in [0.1, 0.15) is 12.4 Å². The average molecular weight is 447 g/mol. The highest BCUT2D eigenvalue weighted by molar-refractivity contribution is 6.15. The van der Waals surface area contributed by atoms with E-state index in [-0.39, 0.29) is 42.6 Å². The van der Waals surface area contributed by atoms with Gasteiger partial charge in [0.15, 0.2) is 12.6 Å². The molecule has 0 spiro atoms. The molecule has 168 valence electrons. The molecule has 0 N–H and O–H groups in total.